The second-order valence-electron chi connectivity index (χ2n) is 4.43. The lowest BCUT2D eigenvalue weighted by molar-refractivity contribution is 0.758. The maximum Gasteiger partial charge on any atom is 0.224 e. The zero-order chi connectivity index (χ0) is 13.5. The third-order valence-electron chi connectivity index (χ3n) is 2.86. The van der Waals surface area contributed by atoms with Gasteiger partial charge in [0, 0.05) is 31.2 Å². The predicted octanol–water partition coefficient (Wildman–Crippen LogP) is 2.69. The summed E-state index contributed by atoms with van der Waals surface area (Å²) in [5, 5.41) is 6.53. The molecule has 0 bridgehead atoms. The highest BCUT2D eigenvalue weighted by Crippen LogP contribution is 2.09. The summed E-state index contributed by atoms with van der Waals surface area (Å²) in [5.74, 6) is 1.48. The Labute approximate surface area is 113 Å². The van der Waals surface area contributed by atoms with Gasteiger partial charge in [-0.3, -0.25) is 4.98 Å². The first-order chi connectivity index (χ1) is 9.28. The second kappa shape index (κ2) is 6.68. The van der Waals surface area contributed by atoms with E-state index in [1.165, 1.54) is 0 Å². The average molecular weight is 257 g/mol. The monoisotopic (exact) mass is 257 g/mol. The lowest BCUT2D eigenvalue weighted by Crippen LogP contribution is -2.15. The molecule has 2 aromatic heterocycles. The van der Waals surface area contributed by atoms with Crippen molar-refractivity contribution >= 4 is 11.8 Å². The molecule has 0 saturated heterocycles. The summed E-state index contributed by atoms with van der Waals surface area (Å²) < 4.78 is 0. The Kier molecular flexibility index (Phi) is 4.66. The number of pyridine rings is 1. The molecule has 0 saturated carbocycles. The van der Waals surface area contributed by atoms with E-state index in [4.69, 9.17) is 0 Å². The third-order valence-corrected chi connectivity index (χ3v) is 2.86. The molecule has 1 atom stereocenters. The number of anilines is 2. The van der Waals surface area contributed by atoms with E-state index < -0.39 is 0 Å². The van der Waals surface area contributed by atoms with Gasteiger partial charge in [-0.15, -0.1) is 0 Å². The standard InChI is InChI=1S/C14H19N5/c1-3-11(2)18-13-6-9-16-14(19-13)17-10-12-4-7-15-8-5-12/h4-9,11H,3,10H2,1-2H3,(H2,16,17,18,19). The van der Waals surface area contributed by atoms with Crippen LogP contribution in [0.1, 0.15) is 25.8 Å². The molecule has 19 heavy (non-hydrogen) atoms. The Morgan fingerprint density at radius 1 is 1.16 bits per heavy atom. The van der Waals surface area contributed by atoms with Crippen LogP contribution in [0, 0.1) is 0 Å². The first-order valence-electron chi connectivity index (χ1n) is 6.50. The van der Waals surface area contributed by atoms with E-state index in [1.54, 1.807) is 18.6 Å². The van der Waals surface area contributed by atoms with Crippen LogP contribution in [0.15, 0.2) is 36.8 Å². The average Bonchev–Trinajstić information content (AvgIpc) is 2.46. The van der Waals surface area contributed by atoms with Crippen molar-refractivity contribution in [2.24, 2.45) is 0 Å². The van der Waals surface area contributed by atoms with Crippen LogP contribution in [-0.2, 0) is 6.54 Å². The zero-order valence-electron chi connectivity index (χ0n) is 11.3. The number of nitrogens with zero attached hydrogens (tertiary/aromatic N) is 3. The number of hydrogen-bond donors (Lipinski definition) is 2. The first kappa shape index (κ1) is 13.3. The largest absolute Gasteiger partial charge is 0.367 e. The van der Waals surface area contributed by atoms with E-state index in [1.807, 2.05) is 18.2 Å². The van der Waals surface area contributed by atoms with Gasteiger partial charge in [-0.05, 0) is 37.1 Å². The van der Waals surface area contributed by atoms with Crippen LogP contribution in [0.2, 0.25) is 0 Å². The molecule has 0 aromatic carbocycles. The molecule has 0 amide bonds. The maximum atomic E-state index is 4.43. The van der Waals surface area contributed by atoms with Crippen molar-refractivity contribution < 1.29 is 0 Å². The van der Waals surface area contributed by atoms with Crippen molar-refractivity contribution in [2.75, 3.05) is 10.6 Å². The summed E-state index contributed by atoms with van der Waals surface area (Å²) in [6.45, 7) is 4.96. The Morgan fingerprint density at radius 3 is 2.68 bits per heavy atom. The predicted molar refractivity (Wildman–Crippen MR) is 77.0 cm³/mol. The molecule has 1 unspecified atom stereocenters. The summed E-state index contributed by atoms with van der Waals surface area (Å²) in [6.07, 6.45) is 6.37. The van der Waals surface area contributed by atoms with E-state index in [2.05, 4.69) is 39.4 Å². The number of aromatic nitrogens is 3. The fourth-order valence-electron chi connectivity index (χ4n) is 1.56. The maximum absolute atomic E-state index is 4.43. The molecule has 2 aromatic rings. The van der Waals surface area contributed by atoms with Gasteiger partial charge in [0.25, 0.3) is 0 Å². The molecule has 0 spiro atoms. The SMILES string of the molecule is CCC(C)Nc1ccnc(NCc2ccncc2)n1. The van der Waals surface area contributed by atoms with Crippen molar-refractivity contribution in [3.63, 3.8) is 0 Å². The van der Waals surface area contributed by atoms with Crippen LogP contribution in [0.3, 0.4) is 0 Å². The fourth-order valence-corrected chi connectivity index (χ4v) is 1.56. The van der Waals surface area contributed by atoms with E-state index in [-0.39, 0.29) is 0 Å². The molecule has 0 radical (unpaired) electrons. The molecule has 0 aliphatic rings. The minimum atomic E-state index is 0.406. The minimum Gasteiger partial charge on any atom is -0.367 e. The van der Waals surface area contributed by atoms with Crippen LogP contribution in [0.4, 0.5) is 11.8 Å². The number of hydrogen-bond acceptors (Lipinski definition) is 5. The second-order valence-corrected chi connectivity index (χ2v) is 4.43. The fraction of sp³-hybridized carbons (Fsp3) is 0.357. The topological polar surface area (TPSA) is 62.7 Å². The van der Waals surface area contributed by atoms with E-state index in [0.29, 0.717) is 18.5 Å². The third kappa shape index (κ3) is 4.21. The van der Waals surface area contributed by atoms with Gasteiger partial charge in [-0.25, -0.2) is 4.98 Å². The molecule has 0 aliphatic heterocycles. The lowest BCUT2D eigenvalue weighted by Gasteiger charge is -2.12. The Balaban J connectivity index is 1.95. The van der Waals surface area contributed by atoms with Gasteiger partial charge in [0.05, 0.1) is 0 Å². The molecule has 2 N–H and O–H groups in total. The molecule has 2 rings (SSSR count). The normalized spacial score (nSPS) is 11.9. The van der Waals surface area contributed by atoms with Gasteiger partial charge in [-0.2, -0.15) is 4.98 Å². The zero-order valence-corrected chi connectivity index (χ0v) is 11.3. The van der Waals surface area contributed by atoms with Crippen LogP contribution in [0.25, 0.3) is 0 Å². The molecule has 0 fully saturated rings. The molecular weight excluding hydrogens is 238 g/mol. The van der Waals surface area contributed by atoms with Gasteiger partial charge in [-0.1, -0.05) is 6.92 Å². The van der Waals surface area contributed by atoms with E-state index in [0.717, 1.165) is 17.8 Å². The molecule has 5 nitrogen and oxygen atoms in total. The van der Waals surface area contributed by atoms with Gasteiger partial charge < -0.3 is 10.6 Å². The summed E-state index contributed by atoms with van der Waals surface area (Å²) in [7, 11) is 0. The highest BCUT2D eigenvalue weighted by molar-refractivity contribution is 5.40. The highest BCUT2D eigenvalue weighted by atomic mass is 15.1. The molecule has 5 heteroatoms. The Hall–Kier alpha value is -2.17. The quantitative estimate of drug-likeness (QED) is 0.833. The van der Waals surface area contributed by atoms with Gasteiger partial charge in [0.15, 0.2) is 0 Å². The van der Waals surface area contributed by atoms with E-state index >= 15 is 0 Å². The van der Waals surface area contributed by atoms with Gasteiger partial charge in [0.1, 0.15) is 5.82 Å². The van der Waals surface area contributed by atoms with Crippen LogP contribution in [0.5, 0.6) is 0 Å². The molecule has 2 heterocycles. The molecular formula is C14H19N5. The van der Waals surface area contributed by atoms with Crippen LogP contribution in [-0.4, -0.2) is 21.0 Å². The van der Waals surface area contributed by atoms with Crippen LogP contribution < -0.4 is 10.6 Å². The van der Waals surface area contributed by atoms with Crippen molar-refractivity contribution in [3.05, 3.63) is 42.4 Å². The van der Waals surface area contributed by atoms with Crippen molar-refractivity contribution in [1.29, 1.82) is 0 Å². The smallest absolute Gasteiger partial charge is 0.224 e. The summed E-state index contributed by atoms with van der Waals surface area (Å²) >= 11 is 0. The number of nitrogens with one attached hydrogen (secondary N) is 2. The Morgan fingerprint density at radius 2 is 1.95 bits per heavy atom. The molecule has 100 valence electrons. The highest BCUT2D eigenvalue weighted by Gasteiger charge is 2.02. The Bertz CT molecular complexity index is 500. The van der Waals surface area contributed by atoms with Gasteiger partial charge >= 0.3 is 0 Å². The number of rotatable bonds is 6. The van der Waals surface area contributed by atoms with E-state index in [9.17, 15) is 0 Å². The van der Waals surface area contributed by atoms with Crippen molar-refractivity contribution in [3.8, 4) is 0 Å². The van der Waals surface area contributed by atoms with Crippen LogP contribution >= 0.6 is 0 Å². The lowest BCUT2D eigenvalue weighted by atomic mass is 10.2. The van der Waals surface area contributed by atoms with Crippen molar-refractivity contribution in [2.45, 2.75) is 32.9 Å². The summed E-state index contributed by atoms with van der Waals surface area (Å²) in [4.78, 5) is 12.6. The minimum absolute atomic E-state index is 0.406. The van der Waals surface area contributed by atoms with Gasteiger partial charge in [0.2, 0.25) is 5.95 Å². The first-order valence-corrected chi connectivity index (χ1v) is 6.50. The summed E-state index contributed by atoms with van der Waals surface area (Å²) in [5.41, 5.74) is 1.15. The molecule has 0 aliphatic carbocycles. The summed E-state index contributed by atoms with van der Waals surface area (Å²) in [6, 6.07) is 6.22. The van der Waals surface area contributed by atoms with Crippen molar-refractivity contribution in [1.82, 2.24) is 15.0 Å².